The van der Waals surface area contributed by atoms with Gasteiger partial charge in [-0.2, -0.15) is 0 Å². The molecular weight excluding hydrogens is 450 g/mol. The molecule has 2 aromatic rings. The summed E-state index contributed by atoms with van der Waals surface area (Å²) in [6.45, 7) is 2.08. The highest BCUT2D eigenvalue weighted by molar-refractivity contribution is 14.1. The summed E-state index contributed by atoms with van der Waals surface area (Å²) in [5, 5.41) is 2.63. The Morgan fingerprint density at radius 1 is 1.23 bits per heavy atom. The van der Waals surface area contributed by atoms with E-state index in [4.69, 9.17) is 10.5 Å². The third-order valence-corrected chi connectivity index (χ3v) is 4.83. The standard InChI is InChI=1S/C19H20FIN2O3/c1-2-17(19(22)25)23-18(24)10-13-9-15(7-8-16(13)21)26-11-12-3-5-14(20)6-4-12/h3-9,17H,2,10-11H2,1H3,(H2,22,25)(H,23,24). The van der Waals surface area contributed by atoms with E-state index in [9.17, 15) is 14.0 Å². The van der Waals surface area contributed by atoms with E-state index in [1.807, 2.05) is 12.1 Å². The second kappa shape index (κ2) is 9.51. The molecule has 0 radical (unpaired) electrons. The molecule has 0 saturated carbocycles. The molecular formula is C19H20FIN2O3. The molecule has 0 bridgehead atoms. The molecule has 138 valence electrons. The van der Waals surface area contributed by atoms with Crippen molar-refractivity contribution >= 4 is 34.4 Å². The molecule has 3 N–H and O–H groups in total. The van der Waals surface area contributed by atoms with E-state index >= 15 is 0 Å². The van der Waals surface area contributed by atoms with Gasteiger partial charge in [0.05, 0.1) is 6.42 Å². The minimum absolute atomic E-state index is 0.121. The van der Waals surface area contributed by atoms with E-state index in [0.717, 1.165) is 14.7 Å². The highest BCUT2D eigenvalue weighted by atomic mass is 127. The number of nitrogens with two attached hydrogens (primary N) is 1. The van der Waals surface area contributed by atoms with Gasteiger partial charge in [-0.05, 0) is 70.5 Å². The summed E-state index contributed by atoms with van der Waals surface area (Å²) >= 11 is 2.14. The summed E-state index contributed by atoms with van der Waals surface area (Å²) < 4.78 is 19.6. The molecule has 0 aliphatic heterocycles. The van der Waals surface area contributed by atoms with E-state index in [0.29, 0.717) is 18.8 Å². The van der Waals surface area contributed by atoms with E-state index in [1.54, 1.807) is 25.1 Å². The first-order valence-corrected chi connectivity index (χ1v) is 9.21. The number of primary amides is 1. The van der Waals surface area contributed by atoms with Gasteiger partial charge in [-0.25, -0.2) is 4.39 Å². The van der Waals surface area contributed by atoms with Crippen LogP contribution in [0.4, 0.5) is 4.39 Å². The highest BCUT2D eigenvalue weighted by Crippen LogP contribution is 2.21. The van der Waals surface area contributed by atoms with Crippen LogP contribution in [-0.2, 0) is 22.6 Å². The van der Waals surface area contributed by atoms with Gasteiger partial charge in [-0.15, -0.1) is 0 Å². The van der Waals surface area contributed by atoms with Crippen LogP contribution in [0.1, 0.15) is 24.5 Å². The predicted octanol–water partition coefficient (Wildman–Crippen LogP) is 2.93. The number of amides is 2. The molecule has 0 aliphatic rings. The molecule has 0 spiro atoms. The summed E-state index contributed by atoms with van der Waals surface area (Å²) in [6, 6.07) is 10.9. The number of carbonyl (C=O) groups is 2. The molecule has 7 heteroatoms. The molecule has 2 amide bonds. The van der Waals surface area contributed by atoms with Gasteiger partial charge in [0.15, 0.2) is 0 Å². The molecule has 1 atom stereocenters. The fraction of sp³-hybridized carbons (Fsp3) is 0.263. The van der Waals surface area contributed by atoms with Crippen molar-refractivity contribution in [1.29, 1.82) is 0 Å². The first-order chi connectivity index (χ1) is 12.4. The number of hydrogen-bond donors (Lipinski definition) is 2. The van der Waals surface area contributed by atoms with E-state index in [-0.39, 0.29) is 18.1 Å². The van der Waals surface area contributed by atoms with Crippen LogP contribution in [0.3, 0.4) is 0 Å². The highest BCUT2D eigenvalue weighted by Gasteiger charge is 2.16. The Hall–Kier alpha value is -2.16. The first-order valence-electron chi connectivity index (χ1n) is 8.13. The number of hydrogen-bond acceptors (Lipinski definition) is 3. The van der Waals surface area contributed by atoms with Crippen molar-refractivity contribution in [3.63, 3.8) is 0 Å². The monoisotopic (exact) mass is 470 g/mol. The van der Waals surface area contributed by atoms with Gasteiger partial charge in [0.1, 0.15) is 24.2 Å². The maximum atomic E-state index is 12.9. The Balaban J connectivity index is 2.00. The summed E-state index contributed by atoms with van der Waals surface area (Å²) in [5.41, 5.74) is 6.88. The topological polar surface area (TPSA) is 81.4 Å². The van der Waals surface area contributed by atoms with Crippen molar-refractivity contribution in [2.75, 3.05) is 0 Å². The van der Waals surface area contributed by atoms with Crippen molar-refractivity contribution in [2.24, 2.45) is 5.73 Å². The molecule has 0 aliphatic carbocycles. The molecule has 0 saturated heterocycles. The van der Waals surface area contributed by atoms with E-state index in [2.05, 4.69) is 27.9 Å². The molecule has 26 heavy (non-hydrogen) atoms. The number of ether oxygens (including phenoxy) is 1. The maximum absolute atomic E-state index is 12.9. The van der Waals surface area contributed by atoms with Crippen LogP contribution in [-0.4, -0.2) is 17.9 Å². The van der Waals surface area contributed by atoms with Gasteiger partial charge in [-0.1, -0.05) is 19.1 Å². The second-order valence-electron chi connectivity index (χ2n) is 5.78. The van der Waals surface area contributed by atoms with Crippen LogP contribution in [0.5, 0.6) is 5.75 Å². The molecule has 0 fully saturated rings. The van der Waals surface area contributed by atoms with Crippen molar-refractivity contribution in [3.05, 3.63) is 63.0 Å². The normalized spacial score (nSPS) is 11.7. The summed E-state index contributed by atoms with van der Waals surface area (Å²) in [4.78, 5) is 23.4. The Morgan fingerprint density at radius 3 is 2.54 bits per heavy atom. The predicted molar refractivity (Wildman–Crippen MR) is 105 cm³/mol. The lowest BCUT2D eigenvalue weighted by molar-refractivity contribution is -0.127. The molecule has 0 heterocycles. The Bertz CT molecular complexity index is 781. The van der Waals surface area contributed by atoms with Crippen molar-refractivity contribution in [2.45, 2.75) is 32.4 Å². The van der Waals surface area contributed by atoms with Crippen molar-refractivity contribution < 1.29 is 18.7 Å². The van der Waals surface area contributed by atoms with Crippen molar-refractivity contribution in [3.8, 4) is 5.75 Å². The van der Waals surface area contributed by atoms with Crippen LogP contribution in [0.25, 0.3) is 0 Å². The van der Waals surface area contributed by atoms with Gasteiger partial charge in [-0.3, -0.25) is 9.59 Å². The largest absolute Gasteiger partial charge is 0.489 e. The SMILES string of the molecule is CCC(NC(=O)Cc1cc(OCc2ccc(F)cc2)ccc1I)C(N)=O. The minimum atomic E-state index is -0.668. The maximum Gasteiger partial charge on any atom is 0.239 e. The second-order valence-corrected chi connectivity index (χ2v) is 6.94. The van der Waals surface area contributed by atoms with Gasteiger partial charge in [0.25, 0.3) is 0 Å². The van der Waals surface area contributed by atoms with Gasteiger partial charge in [0.2, 0.25) is 11.8 Å². The van der Waals surface area contributed by atoms with Crippen LogP contribution >= 0.6 is 22.6 Å². The first kappa shape index (κ1) is 20.2. The summed E-state index contributed by atoms with van der Waals surface area (Å²) in [5.74, 6) is -0.506. The lowest BCUT2D eigenvalue weighted by Gasteiger charge is -2.14. The summed E-state index contributed by atoms with van der Waals surface area (Å²) in [6.07, 6.45) is 0.564. The fourth-order valence-corrected chi connectivity index (χ4v) is 2.84. The van der Waals surface area contributed by atoms with E-state index < -0.39 is 11.9 Å². The van der Waals surface area contributed by atoms with Crippen LogP contribution < -0.4 is 15.8 Å². The van der Waals surface area contributed by atoms with Crippen molar-refractivity contribution in [1.82, 2.24) is 5.32 Å². The third kappa shape index (κ3) is 5.98. The Labute approximate surface area is 165 Å². The van der Waals surface area contributed by atoms with Gasteiger partial charge in [0, 0.05) is 3.57 Å². The number of benzene rings is 2. The molecule has 0 aromatic heterocycles. The number of carbonyl (C=O) groups excluding carboxylic acids is 2. The lowest BCUT2D eigenvalue weighted by Crippen LogP contribution is -2.44. The van der Waals surface area contributed by atoms with Crippen LogP contribution in [0, 0.1) is 9.39 Å². The molecule has 5 nitrogen and oxygen atoms in total. The summed E-state index contributed by atoms with van der Waals surface area (Å²) in [7, 11) is 0. The molecule has 2 aromatic carbocycles. The number of rotatable bonds is 8. The van der Waals surface area contributed by atoms with Gasteiger partial charge >= 0.3 is 0 Å². The number of halogens is 2. The zero-order valence-electron chi connectivity index (χ0n) is 14.3. The van der Waals surface area contributed by atoms with E-state index in [1.165, 1.54) is 12.1 Å². The van der Waals surface area contributed by atoms with Gasteiger partial charge < -0.3 is 15.8 Å². The quantitative estimate of drug-likeness (QED) is 0.583. The Kier molecular flexibility index (Phi) is 7.38. The minimum Gasteiger partial charge on any atom is -0.489 e. The molecule has 2 rings (SSSR count). The van der Waals surface area contributed by atoms with Crippen LogP contribution in [0.15, 0.2) is 42.5 Å². The smallest absolute Gasteiger partial charge is 0.239 e. The third-order valence-electron chi connectivity index (χ3n) is 3.77. The Morgan fingerprint density at radius 2 is 1.92 bits per heavy atom. The van der Waals surface area contributed by atoms with Crippen LogP contribution in [0.2, 0.25) is 0 Å². The zero-order valence-corrected chi connectivity index (χ0v) is 16.5. The molecule has 1 unspecified atom stereocenters. The lowest BCUT2D eigenvalue weighted by atomic mass is 10.1. The number of nitrogens with one attached hydrogen (secondary N) is 1. The average Bonchev–Trinajstić information content (AvgIpc) is 2.61. The zero-order chi connectivity index (χ0) is 19.1. The average molecular weight is 470 g/mol. The fourth-order valence-electron chi connectivity index (χ4n) is 2.32.